The lowest BCUT2D eigenvalue weighted by atomic mass is 10.1. The lowest BCUT2D eigenvalue weighted by molar-refractivity contribution is -0.111. The fraction of sp³-hybridized carbons (Fsp3) is 0.158. The first kappa shape index (κ1) is 19.4. The molecular weight excluding hydrogens is 352 g/mol. The minimum absolute atomic E-state index is 0.0791. The molecular formula is C19H20N2O4S. The largest absolute Gasteiger partial charge is 0.355 e. The van der Waals surface area contributed by atoms with Gasteiger partial charge in [-0.05, 0) is 41.5 Å². The van der Waals surface area contributed by atoms with Gasteiger partial charge in [0.05, 0.1) is 5.75 Å². The van der Waals surface area contributed by atoms with Crippen LogP contribution in [0.4, 0.5) is 5.69 Å². The molecule has 0 aliphatic rings. The van der Waals surface area contributed by atoms with Crippen molar-refractivity contribution in [3.05, 3.63) is 71.3 Å². The van der Waals surface area contributed by atoms with Gasteiger partial charge in [-0.25, -0.2) is 8.42 Å². The zero-order valence-electron chi connectivity index (χ0n) is 14.5. The highest BCUT2D eigenvalue weighted by molar-refractivity contribution is 7.89. The maximum absolute atomic E-state index is 12.0. The van der Waals surface area contributed by atoms with Crippen LogP contribution in [0.15, 0.2) is 54.6 Å². The van der Waals surface area contributed by atoms with Gasteiger partial charge in [0.1, 0.15) is 0 Å². The molecule has 0 saturated heterocycles. The monoisotopic (exact) mass is 372 g/mol. The number of amides is 2. The van der Waals surface area contributed by atoms with Gasteiger partial charge in [0, 0.05) is 30.6 Å². The second-order valence-electron chi connectivity index (χ2n) is 5.79. The molecule has 2 amide bonds. The Morgan fingerprint density at radius 3 is 2.38 bits per heavy atom. The summed E-state index contributed by atoms with van der Waals surface area (Å²) >= 11 is 0. The first-order chi connectivity index (χ1) is 12.3. The Labute approximate surface area is 152 Å². The van der Waals surface area contributed by atoms with Crippen molar-refractivity contribution in [3.8, 4) is 0 Å². The number of sulfone groups is 1. The first-order valence-electron chi connectivity index (χ1n) is 7.85. The highest BCUT2D eigenvalue weighted by Crippen LogP contribution is 2.13. The Morgan fingerprint density at radius 2 is 1.77 bits per heavy atom. The van der Waals surface area contributed by atoms with Crippen LogP contribution in [0.1, 0.15) is 21.5 Å². The summed E-state index contributed by atoms with van der Waals surface area (Å²) in [6.45, 7) is 0. The molecule has 7 heteroatoms. The second-order valence-corrected chi connectivity index (χ2v) is 7.93. The van der Waals surface area contributed by atoms with Crippen molar-refractivity contribution in [1.29, 1.82) is 0 Å². The molecule has 6 nitrogen and oxygen atoms in total. The molecule has 136 valence electrons. The standard InChI is InChI=1S/C19H20N2O4S/c1-20-19(23)16-9-6-14(7-10-16)8-11-18(22)21-17-5-3-4-15(12-17)13-26(2,24)25/h3-12H,13H2,1-2H3,(H,20,23)(H,21,22)/b11-8+. The lowest BCUT2D eigenvalue weighted by Gasteiger charge is -2.05. The minimum Gasteiger partial charge on any atom is -0.355 e. The van der Waals surface area contributed by atoms with E-state index in [1.54, 1.807) is 61.7 Å². The van der Waals surface area contributed by atoms with Gasteiger partial charge in [-0.2, -0.15) is 0 Å². The molecule has 2 rings (SSSR count). The summed E-state index contributed by atoms with van der Waals surface area (Å²) in [5.41, 5.74) is 2.45. The van der Waals surface area contributed by atoms with E-state index in [0.29, 0.717) is 16.8 Å². The number of nitrogens with one attached hydrogen (secondary N) is 2. The Hall–Kier alpha value is -2.93. The first-order valence-corrected chi connectivity index (χ1v) is 9.91. The van der Waals surface area contributed by atoms with E-state index in [1.165, 1.54) is 6.08 Å². The number of rotatable bonds is 6. The molecule has 0 fully saturated rings. The van der Waals surface area contributed by atoms with Crippen LogP contribution in [0, 0.1) is 0 Å². The Morgan fingerprint density at radius 1 is 1.08 bits per heavy atom. The van der Waals surface area contributed by atoms with Crippen LogP contribution in [0.2, 0.25) is 0 Å². The molecule has 0 spiro atoms. The van der Waals surface area contributed by atoms with Crippen molar-refractivity contribution in [2.24, 2.45) is 0 Å². The quantitative estimate of drug-likeness (QED) is 0.761. The summed E-state index contributed by atoms with van der Waals surface area (Å²) in [5.74, 6) is -0.589. The number of carbonyl (C=O) groups is 2. The van der Waals surface area contributed by atoms with Crippen LogP contribution < -0.4 is 10.6 Å². The van der Waals surface area contributed by atoms with Gasteiger partial charge in [0.2, 0.25) is 5.91 Å². The lowest BCUT2D eigenvalue weighted by Crippen LogP contribution is -2.17. The SMILES string of the molecule is CNC(=O)c1ccc(/C=C/C(=O)Nc2cccc(CS(C)(=O)=O)c2)cc1. The van der Waals surface area contributed by atoms with Gasteiger partial charge in [0.25, 0.3) is 5.91 Å². The highest BCUT2D eigenvalue weighted by atomic mass is 32.2. The third kappa shape index (κ3) is 6.18. The number of hydrogen-bond acceptors (Lipinski definition) is 4. The molecule has 2 aromatic rings. The average molecular weight is 372 g/mol. The van der Waals surface area contributed by atoms with E-state index in [2.05, 4.69) is 10.6 Å². The van der Waals surface area contributed by atoms with Crippen molar-refractivity contribution in [3.63, 3.8) is 0 Å². The molecule has 0 heterocycles. The van der Waals surface area contributed by atoms with Crippen molar-refractivity contribution < 1.29 is 18.0 Å². The average Bonchev–Trinajstić information content (AvgIpc) is 2.58. The fourth-order valence-electron chi connectivity index (χ4n) is 2.29. The molecule has 0 radical (unpaired) electrons. The van der Waals surface area contributed by atoms with E-state index in [9.17, 15) is 18.0 Å². The van der Waals surface area contributed by atoms with Gasteiger partial charge >= 0.3 is 0 Å². The van der Waals surface area contributed by atoms with Gasteiger partial charge in [0.15, 0.2) is 9.84 Å². The van der Waals surface area contributed by atoms with Crippen LogP contribution >= 0.6 is 0 Å². The third-order valence-corrected chi connectivity index (χ3v) is 4.31. The van der Waals surface area contributed by atoms with Gasteiger partial charge in [-0.1, -0.05) is 24.3 Å². The Kier molecular flexibility index (Phi) is 6.30. The molecule has 0 aliphatic carbocycles. The van der Waals surface area contributed by atoms with E-state index in [-0.39, 0.29) is 17.6 Å². The summed E-state index contributed by atoms with van der Waals surface area (Å²) in [4.78, 5) is 23.5. The number of benzene rings is 2. The third-order valence-electron chi connectivity index (χ3n) is 3.45. The molecule has 2 N–H and O–H groups in total. The fourth-order valence-corrected chi connectivity index (χ4v) is 3.07. The van der Waals surface area contributed by atoms with Crippen molar-refractivity contribution in [2.75, 3.05) is 18.6 Å². The molecule has 26 heavy (non-hydrogen) atoms. The van der Waals surface area contributed by atoms with Gasteiger partial charge < -0.3 is 10.6 Å². The van der Waals surface area contributed by atoms with Crippen LogP contribution in [0.5, 0.6) is 0 Å². The number of carbonyl (C=O) groups excluding carboxylic acids is 2. The highest BCUT2D eigenvalue weighted by Gasteiger charge is 2.06. The number of anilines is 1. The molecule has 0 unspecified atom stereocenters. The Bertz CT molecular complexity index is 932. The van der Waals surface area contributed by atoms with Crippen LogP contribution in [0.25, 0.3) is 6.08 Å². The van der Waals surface area contributed by atoms with E-state index < -0.39 is 9.84 Å². The van der Waals surface area contributed by atoms with E-state index in [1.807, 2.05) is 0 Å². The summed E-state index contributed by atoms with van der Waals surface area (Å²) in [7, 11) is -1.57. The smallest absolute Gasteiger partial charge is 0.251 e. The van der Waals surface area contributed by atoms with Crippen LogP contribution in [0.3, 0.4) is 0 Å². The molecule has 0 saturated carbocycles. The maximum Gasteiger partial charge on any atom is 0.251 e. The molecule has 0 aromatic heterocycles. The molecule has 0 bridgehead atoms. The number of hydrogen-bond donors (Lipinski definition) is 2. The van der Waals surface area contributed by atoms with E-state index >= 15 is 0 Å². The van der Waals surface area contributed by atoms with Crippen molar-refractivity contribution >= 4 is 33.4 Å². The summed E-state index contributed by atoms with van der Waals surface area (Å²) < 4.78 is 22.7. The maximum atomic E-state index is 12.0. The minimum atomic E-state index is -3.14. The zero-order valence-corrected chi connectivity index (χ0v) is 15.3. The predicted molar refractivity (Wildman–Crippen MR) is 102 cm³/mol. The van der Waals surface area contributed by atoms with E-state index in [0.717, 1.165) is 11.8 Å². The second kappa shape index (κ2) is 8.44. The molecule has 0 aliphatic heterocycles. The van der Waals surface area contributed by atoms with Crippen molar-refractivity contribution in [1.82, 2.24) is 5.32 Å². The molecule has 2 aromatic carbocycles. The van der Waals surface area contributed by atoms with Crippen LogP contribution in [-0.4, -0.2) is 33.5 Å². The van der Waals surface area contributed by atoms with Crippen molar-refractivity contribution in [2.45, 2.75) is 5.75 Å². The van der Waals surface area contributed by atoms with Crippen LogP contribution in [-0.2, 0) is 20.4 Å². The normalized spacial score (nSPS) is 11.3. The predicted octanol–water partition coefficient (Wildman–Crippen LogP) is 2.24. The van der Waals surface area contributed by atoms with Gasteiger partial charge in [-0.3, -0.25) is 9.59 Å². The summed E-state index contributed by atoms with van der Waals surface area (Å²) in [6, 6.07) is 13.5. The Balaban J connectivity index is 2.01. The molecule has 0 atom stereocenters. The van der Waals surface area contributed by atoms with E-state index in [4.69, 9.17) is 0 Å². The zero-order chi connectivity index (χ0) is 19.2. The summed E-state index contributed by atoms with van der Waals surface area (Å²) in [5, 5.41) is 5.23. The topological polar surface area (TPSA) is 92.3 Å². The van der Waals surface area contributed by atoms with Gasteiger partial charge in [-0.15, -0.1) is 0 Å². The summed E-state index contributed by atoms with van der Waals surface area (Å²) in [6.07, 6.45) is 4.16.